The number of carbonyl (C=O) groups excluding carboxylic acids is 1. The zero-order chi connectivity index (χ0) is 15.0. The number of anilines is 1. The minimum absolute atomic E-state index is 0.127. The largest absolute Gasteiger partial charge is 0.311 e. The van der Waals surface area contributed by atoms with Crippen molar-refractivity contribution < 1.29 is 13.6 Å². The van der Waals surface area contributed by atoms with E-state index < -0.39 is 12.0 Å². The molecular formula is C15H15F2N3O. The molecule has 2 saturated heterocycles. The maximum Gasteiger partial charge on any atom is 0.261 e. The molecule has 0 spiro atoms. The molecule has 0 aliphatic carbocycles. The van der Waals surface area contributed by atoms with E-state index in [1.807, 2.05) is 6.07 Å². The minimum Gasteiger partial charge on any atom is -0.311 e. The van der Waals surface area contributed by atoms with Crippen LogP contribution in [0.2, 0.25) is 0 Å². The van der Waals surface area contributed by atoms with E-state index >= 15 is 0 Å². The number of amides is 1. The van der Waals surface area contributed by atoms with E-state index in [4.69, 9.17) is 5.26 Å². The third-order valence-corrected chi connectivity index (χ3v) is 4.13. The lowest BCUT2D eigenvalue weighted by molar-refractivity contribution is -0.121. The van der Waals surface area contributed by atoms with Crippen molar-refractivity contribution >= 4 is 11.6 Å². The lowest BCUT2D eigenvalue weighted by Gasteiger charge is -2.23. The Hall–Kier alpha value is -2.00. The third kappa shape index (κ3) is 2.61. The maximum absolute atomic E-state index is 13.3. The summed E-state index contributed by atoms with van der Waals surface area (Å²) in [7, 11) is 0. The molecule has 6 heteroatoms. The molecule has 3 rings (SSSR count). The fraction of sp³-hybridized carbons (Fsp3) is 0.467. The highest BCUT2D eigenvalue weighted by molar-refractivity contribution is 5.99. The number of nitrogens with zero attached hydrogens (tertiary/aromatic N) is 3. The van der Waals surface area contributed by atoms with Crippen molar-refractivity contribution in [3.8, 4) is 6.07 Å². The van der Waals surface area contributed by atoms with Gasteiger partial charge in [0.15, 0.2) is 0 Å². The van der Waals surface area contributed by atoms with Crippen LogP contribution >= 0.6 is 0 Å². The Labute approximate surface area is 121 Å². The van der Waals surface area contributed by atoms with E-state index in [1.165, 1.54) is 0 Å². The molecule has 21 heavy (non-hydrogen) atoms. The lowest BCUT2D eigenvalue weighted by Crippen LogP contribution is -2.41. The summed E-state index contributed by atoms with van der Waals surface area (Å²) in [5.41, 5.74) is 1.24. The summed E-state index contributed by atoms with van der Waals surface area (Å²) in [6.45, 7) is 0.465. The van der Waals surface area contributed by atoms with Crippen LogP contribution in [0.5, 0.6) is 0 Å². The molecule has 0 aromatic heterocycles. The van der Waals surface area contributed by atoms with Crippen molar-refractivity contribution in [1.82, 2.24) is 4.90 Å². The summed E-state index contributed by atoms with van der Waals surface area (Å²) in [5.74, 6) is -2.81. The zero-order valence-electron chi connectivity index (χ0n) is 11.4. The molecule has 1 amide bonds. The third-order valence-electron chi connectivity index (χ3n) is 4.13. The molecular weight excluding hydrogens is 276 g/mol. The summed E-state index contributed by atoms with van der Waals surface area (Å²) in [6.07, 6.45) is 0.391. The summed E-state index contributed by atoms with van der Waals surface area (Å²) >= 11 is 0. The monoisotopic (exact) mass is 291 g/mol. The van der Waals surface area contributed by atoms with Crippen LogP contribution in [0.1, 0.15) is 18.4 Å². The van der Waals surface area contributed by atoms with Crippen LogP contribution in [0.3, 0.4) is 0 Å². The van der Waals surface area contributed by atoms with Gasteiger partial charge in [-0.05, 0) is 30.7 Å². The Kier molecular flexibility index (Phi) is 3.38. The Morgan fingerprint density at radius 1 is 1.24 bits per heavy atom. The van der Waals surface area contributed by atoms with Gasteiger partial charge in [-0.15, -0.1) is 0 Å². The highest BCUT2D eigenvalue weighted by Crippen LogP contribution is 2.32. The molecule has 110 valence electrons. The van der Waals surface area contributed by atoms with E-state index in [0.717, 1.165) is 0 Å². The molecule has 4 nitrogen and oxygen atoms in total. The van der Waals surface area contributed by atoms with Gasteiger partial charge in [0.1, 0.15) is 0 Å². The Morgan fingerprint density at radius 2 is 1.95 bits per heavy atom. The Bertz CT molecular complexity index is 594. The van der Waals surface area contributed by atoms with Crippen LogP contribution in [0.25, 0.3) is 0 Å². The van der Waals surface area contributed by atoms with E-state index in [9.17, 15) is 13.6 Å². The summed E-state index contributed by atoms with van der Waals surface area (Å²) in [5, 5.41) is 8.77. The number of halogens is 2. The number of hydrogen-bond acceptors (Lipinski definition) is 3. The number of likely N-dealkylation sites (tertiary alicyclic amines) is 1. The predicted molar refractivity (Wildman–Crippen MR) is 73.1 cm³/mol. The van der Waals surface area contributed by atoms with Crippen molar-refractivity contribution in [2.45, 2.75) is 24.8 Å². The normalized spacial score (nSPS) is 25.3. The Balaban J connectivity index is 1.73. The van der Waals surface area contributed by atoms with Crippen LogP contribution in [-0.2, 0) is 4.79 Å². The second-order valence-corrected chi connectivity index (χ2v) is 5.53. The first kappa shape index (κ1) is 14.0. The fourth-order valence-electron chi connectivity index (χ4n) is 3.00. The molecule has 2 aliphatic heterocycles. The maximum atomic E-state index is 13.3. The van der Waals surface area contributed by atoms with Gasteiger partial charge >= 0.3 is 0 Å². The number of hydrogen-bond donors (Lipinski definition) is 0. The van der Waals surface area contributed by atoms with Gasteiger partial charge in [0, 0.05) is 25.2 Å². The van der Waals surface area contributed by atoms with Crippen LogP contribution < -0.4 is 4.90 Å². The number of benzene rings is 1. The van der Waals surface area contributed by atoms with Gasteiger partial charge in [0.05, 0.1) is 24.2 Å². The first-order valence-corrected chi connectivity index (χ1v) is 6.94. The van der Waals surface area contributed by atoms with Gasteiger partial charge in [-0.2, -0.15) is 5.26 Å². The van der Waals surface area contributed by atoms with E-state index in [-0.39, 0.29) is 25.4 Å². The van der Waals surface area contributed by atoms with Crippen molar-refractivity contribution in [3.63, 3.8) is 0 Å². The number of alkyl halides is 2. The van der Waals surface area contributed by atoms with E-state index in [2.05, 4.69) is 0 Å². The molecule has 0 N–H and O–H groups in total. The highest BCUT2D eigenvalue weighted by Gasteiger charge is 2.45. The second kappa shape index (κ2) is 5.08. The molecule has 2 aliphatic rings. The highest BCUT2D eigenvalue weighted by atomic mass is 19.3. The van der Waals surface area contributed by atoms with Crippen LogP contribution in [0, 0.1) is 11.3 Å². The first-order chi connectivity index (χ1) is 10.00. The molecule has 1 aromatic rings. The van der Waals surface area contributed by atoms with Gasteiger partial charge in [0.2, 0.25) is 5.91 Å². The van der Waals surface area contributed by atoms with Gasteiger partial charge < -0.3 is 4.90 Å². The number of nitriles is 1. The lowest BCUT2D eigenvalue weighted by atomic mass is 10.2. The van der Waals surface area contributed by atoms with Gasteiger partial charge in [-0.3, -0.25) is 9.69 Å². The number of rotatable bonds is 2. The van der Waals surface area contributed by atoms with Crippen LogP contribution in [0.4, 0.5) is 14.5 Å². The standard InChI is InChI=1S/C15H15F2N3O/c16-15(17)6-8-19(10-15)13-5-7-20(14(13)21)12-3-1-11(9-18)2-4-12/h1-4,13H,5-8,10H2/t13-/m0/s1. The van der Waals surface area contributed by atoms with E-state index in [0.29, 0.717) is 24.2 Å². The zero-order valence-corrected chi connectivity index (χ0v) is 11.4. The smallest absolute Gasteiger partial charge is 0.261 e. The molecule has 2 heterocycles. The fourth-order valence-corrected chi connectivity index (χ4v) is 3.00. The molecule has 2 fully saturated rings. The molecule has 0 bridgehead atoms. The minimum atomic E-state index is -2.68. The predicted octanol–water partition coefficient (Wildman–Crippen LogP) is 2.00. The summed E-state index contributed by atoms with van der Waals surface area (Å²) < 4.78 is 26.6. The topological polar surface area (TPSA) is 47.3 Å². The molecule has 0 saturated carbocycles. The second-order valence-electron chi connectivity index (χ2n) is 5.53. The quantitative estimate of drug-likeness (QED) is 0.837. The average molecular weight is 291 g/mol. The Morgan fingerprint density at radius 3 is 2.52 bits per heavy atom. The SMILES string of the molecule is N#Cc1ccc(N2CC[C@H](N3CCC(F)(F)C3)C2=O)cc1. The number of carbonyl (C=O) groups is 1. The van der Waals surface area contributed by atoms with Gasteiger partial charge in [0.25, 0.3) is 5.92 Å². The van der Waals surface area contributed by atoms with Crippen LogP contribution in [0.15, 0.2) is 24.3 Å². The average Bonchev–Trinajstić information content (AvgIpc) is 3.01. The van der Waals surface area contributed by atoms with E-state index in [1.54, 1.807) is 34.1 Å². The molecule has 0 unspecified atom stereocenters. The van der Waals surface area contributed by atoms with Gasteiger partial charge in [-0.25, -0.2) is 8.78 Å². The molecule has 1 atom stereocenters. The molecule has 1 aromatic carbocycles. The van der Waals surface area contributed by atoms with Crippen molar-refractivity contribution in [2.24, 2.45) is 0 Å². The summed E-state index contributed by atoms with van der Waals surface area (Å²) in [4.78, 5) is 15.6. The summed E-state index contributed by atoms with van der Waals surface area (Å²) in [6, 6.07) is 8.32. The van der Waals surface area contributed by atoms with Gasteiger partial charge in [-0.1, -0.05) is 0 Å². The van der Waals surface area contributed by atoms with Crippen LogP contribution in [-0.4, -0.2) is 42.4 Å². The van der Waals surface area contributed by atoms with Crippen molar-refractivity contribution in [2.75, 3.05) is 24.5 Å². The molecule has 0 radical (unpaired) electrons. The first-order valence-electron chi connectivity index (χ1n) is 6.94. The van der Waals surface area contributed by atoms with Crippen molar-refractivity contribution in [1.29, 1.82) is 5.26 Å². The van der Waals surface area contributed by atoms with Crippen molar-refractivity contribution in [3.05, 3.63) is 29.8 Å².